The van der Waals surface area contributed by atoms with Crippen molar-refractivity contribution in [1.29, 1.82) is 0 Å². The average Bonchev–Trinajstić information content (AvgIpc) is 3.87. The SMILES string of the molecule is c1ccc(-c2ccc(N(c3ccc(C4(c5ccccc5)c5ccccc5-c5ccccc54)cc3)c3ccc4oc5ccc6cccc(-c7ccccc7)c6c5c4c3)cc2)cc1. The maximum atomic E-state index is 6.63. The summed E-state index contributed by atoms with van der Waals surface area (Å²) in [5.41, 5.74) is 16.9. The predicted molar refractivity (Wildman–Crippen MR) is 254 cm³/mol. The van der Waals surface area contributed by atoms with Crippen LogP contribution in [-0.2, 0) is 5.41 Å². The van der Waals surface area contributed by atoms with Gasteiger partial charge in [0, 0.05) is 33.2 Å². The molecule has 0 bridgehead atoms. The van der Waals surface area contributed by atoms with Gasteiger partial charge in [-0.25, -0.2) is 0 Å². The molecule has 0 atom stereocenters. The molecule has 11 aromatic rings. The normalized spacial score (nSPS) is 12.7. The maximum Gasteiger partial charge on any atom is 0.136 e. The molecule has 0 spiro atoms. The van der Waals surface area contributed by atoms with Gasteiger partial charge in [-0.1, -0.05) is 188 Å². The summed E-state index contributed by atoms with van der Waals surface area (Å²) >= 11 is 0. The standard InChI is InChI=1S/C59H39NO/c1-4-15-40(16-5-1)41-27-32-46(33-28-41)60(48-36-38-55-52(39-48)58-56(61-55)37-29-43-19-14-24-49(57(43)58)42-17-6-2-7-18-42)47-34-30-45(31-35-47)59(44-20-8-3-9-21-44)53-25-12-10-22-50(53)51-23-11-13-26-54(51)59/h1-39H. The summed E-state index contributed by atoms with van der Waals surface area (Å²) in [4.78, 5) is 2.38. The van der Waals surface area contributed by atoms with Crippen LogP contribution in [0.4, 0.5) is 17.1 Å². The van der Waals surface area contributed by atoms with Crippen LogP contribution in [0.2, 0.25) is 0 Å². The Morgan fingerprint density at radius 3 is 1.51 bits per heavy atom. The Hall–Kier alpha value is -7.94. The predicted octanol–water partition coefficient (Wildman–Crippen LogP) is 15.9. The monoisotopic (exact) mass is 777 g/mol. The van der Waals surface area contributed by atoms with Gasteiger partial charge in [-0.2, -0.15) is 0 Å². The minimum atomic E-state index is -0.471. The van der Waals surface area contributed by atoms with E-state index in [-0.39, 0.29) is 0 Å². The van der Waals surface area contributed by atoms with Gasteiger partial charge < -0.3 is 9.32 Å². The minimum Gasteiger partial charge on any atom is -0.456 e. The quantitative estimate of drug-likeness (QED) is 0.160. The van der Waals surface area contributed by atoms with Crippen LogP contribution in [0.3, 0.4) is 0 Å². The summed E-state index contributed by atoms with van der Waals surface area (Å²) in [6, 6.07) is 85.9. The highest BCUT2D eigenvalue weighted by atomic mass is 16.3. The molecule has 0 unspecified atom stereocenters. The zero-order chi connectivity index (χ0) is 40.3. The number of anilines is 3. The zero-order valence-corrected chi connectivity index (χ0v) is 33.4. The summed E-state index contributed by atoms with van der Waals surface area (Å²) in [5.74, 6) is 0. The van der Waals surface area contributed by atoms with E-state index in [9.17, 15) is 0 Å². The van der Waals surface area contributed by atoms with E-state index in [1.54, 1.807) is 0 Å². The number of hydrogen-bond acceptors (Lipinski definition) is 2. The Morgan fingerprint density at radius 1 is 0.328 bits per heavy atom. The van der Waals surface area contributed by atoms with Gasteiger partial charge in [0.2, 0.25) is 0 Å². The molecule has 1 aromatic heterocycles. The van der Waals surface area contributed by atoms with Gasteiger partial charge in [0.25, 0.3) is 0 Å². The van der Waals surface area contributed by atoms with E-state index in [4.69, 9.17) is 4.42 Å². The fourth-order valence-corrected chi connectivity index (χ4v) is 10.1. The molecule has 10 aromatic carbocycles. The molecule has 1 aliphatic carbocycles. The largest absolute Gasteiger partial charge is 0.456 e. The van der Waals surface area contributed by atoms with Crippen LogP contribution < -0.4 is 4.90 Å². The minimum absolute atomic E-state index is 0.471. The van der Waals surface area contributed by atoms with Crippen LogP contribution in [0.15, 0.2) is 241 Å². The fourth-order valence-electron chi connectivity index (χ4n) is 10.1. The molecular weight excluding hydrogens is 739 g/mol. The van der Waals surface area contributed by atoms with E-state index >= 15 is 0 Å². The molecule has 0 N–H and O–H groups in total. The highest BCUT2D eigenvalue weighted by molar-refractivity contribution is 6.23. The number of benzene rings is 10. The number of hydrogen-bond donors (Lipinski definition) is 0. The second kappa shape index (κ2) is 14.1. The van der Waals surface area contributed by atoms with Crippen molar-refractivity contribution in [2.75, 3.05) is 4.90 Å². The van der Waals surface area contributed by atoms with E-state index in [1.165, 1.54) is 66.4 Å². The first-order valence-electron chi connectivity index (χ1n) is 21.0. The molecule has 0 amide bonds. The second-order valence-electron chi connectivity index (χ2n) is 16.0. The van der Waals surface area contributed by atoms with Gasteiger partial charge >= 0.3 is 0 Å². The lowest BCUT2D eigenvalue weighted by atomic mass is 9.68. The number of furan rings is 1. The van der Waals surface area contributed by atoms with Crippen molar-refractivity contribution in [1.82, 2.24) is 0 Å². The Balaban J connectivity index is 1.06. The van der Waals surface area contributed by atoms with Crippen molar-refractivity contribution in [2.24, 2.45) is 0 Å². The molecule has 1 aliphatic rings. The Labute approximate surface area is 355 Å². The third-order valence-corrected chi connectivity index (χ3v) is 12.8. The van der Waals surface area contributed by atoms with E-state index in [2.05, 4.69) is 241 Å². The number of rotatable bonds is 7. The van der Waals surface area contributed by atoms with Crippen molar-refractivity contribution in [2.45, 2.75) is 5.41 Å². The Kier molecular flexibility index (Phi) is 8.11. The lowest BCUT2D eigenvalue weighted by molar-refractivity contribution is 0.669. The third kappa shape index (κ3) is 5.50. The lowest BCUT2D eigenvalue weighted by Crippen LogP contribution is -2.28. The van der Waals surface area contributed by atoms with Crippen molar-refractivity contribution in [3.63, 3.8) is 0 Å². The molecule has 0 saturated carbocycles. The van der Waals surface area contributed by atoms with E-state index < -0.39 is 5.41 Å². The summed E-state index contributed by atoms with van der Waals surface area (Å²) in [6.07, 6.45) is 0. The average molecular weight is 778 g/mol. The lowest BCUT2D eigenvalue weighted by Gasteiger charge is -2.34. The highest BCUT2D eigenvalue weighted by Crippen LogP contribution is 2.56. The van der Waals surface area contributed by atoms with Crippen molar-refractivity contribution < 1.29 is 4.42 Å². The molecule has 0 radical (unpaired) electrons. The molecule has 61 heavy (non-hydrogen) atoms. The van der Waals surface area contributed by atoms with Gasteiger partial charge in [-0.15, -0.1) is 0 Å². The van der Waals surface area contributed by atoms with Crippen LogP contribution in [0, 0.1) is 0 Å². The Morgan fingerprint density at radius 2 is 0.836 bits per heavy atom. The van der Waals surface area contributed by atoms with Crippen LogP contribution in [-0.4, -0.2) is 0 Å². The summed E-state index contributed by atoms with van der Waals surface area (Å²) in [7, 11) is 0. The molecule has 286 valence electrons. The van der Waals surface area contributed by atoms with E-state index in [0.717, 1.165) is 39.0 Å². The van der Waals surface area contributed by atoms with Crippen LogP contribution in [0.25, 0.3) is 66.1 Å². The van der Waals surface area contributed by atoms with Crippen LogP contribution in [0.1, 0.15) is 22.3 Å². The molecule has 2 heteroatoms. The molecule has 0 fully saturated rings. The molecule has 0 aliphatic heterocycles. The van der Waals surface area contributed by atoms with Gasteiger partial charge in [-0.05, 0) is 110 Å². The molecular formula is C59H39NO. The van der Waals surface area contributed by atoms with E-state index in [1.807, 2.05) is 0 Å². The zero-order valence-electron chi connectivity index (χ0n) is 33.4. The molecule has 12 rings (SSSR count). The molecule has 1 heterocycles. The van der Waals surface area contributed by atoms with Gasteiger partial charge in [-0.3, -0.25) is 0 Å². The first-order chi connectivity index (χ1) is 30.3. The van der Waals surface area contributed by atoms with Crippen LogP contribution in [0.5, 0.6) is 0 Å². The fraction of sp³-hybridized carbons (Fsp3) is 0.0169. The van der Waals surface area contributed by atoms with E-state index in [0.29, 0.717) is 0 Å². The topological polar surface area (TPSA) is 16.4 Å². The Bertz CT molecular complexity index is 3340. The molecule has 2 nitrogen and oxygen atoms in total. The van der Waals surface area contributed by atoms with Gasteiger partial charge in [0.15, 0.2) is 0 Å². The molecule has 0 saturated heterocycles. The maximum absolute atomic E-state index is 6.63. The van der Waals surface area contributed by atoms with Crippen LogP contribution >= 0.6 is 0 Å². The van der Waals surface area contributed by atoms with Crippen molar-refractivity contribution in [3.05, 3.63) is 259 Å². The first kappa shape index (κ1) is 35.0. The number of fused-ring (bicyclic) bond motifs is 8. The third-order valence-electron chi connectivity index (χ3n) is 12.8. The second-order valence-corrected chi connectivity index (χ2v) is 16.0. The van der Waals surface area contributed by atoms with Crippen molar-refractivity contribution in [3.8, 4) is 33.4 Å². The summed E-state index contributed by atoms with van der Waals surface area (Å²) < 4.78 is 6.63. The summed E-state index contributed by atoms with van der Waals surface area (Å²) in [5, 5.41) is 4.61. The first-order valence-corrected chi connectivity index (χ1v) is 21.0. The number of nitrogens with zero attached hydrogens (tertiary/aromatic N) is 1. The van der Waals surface area contributed by atoms with Gasteiger partial charge in [0.1, 0.15) is 11.2 Å². The summed E-state index contributed by atoms with van der Waals surface area (Å²) in [6.45, 7) is 0. The highest BCUT2D eigenvalue weighted by Gasteiger charge is 2.45. The van der Waals surface area contributed by atoms with Crippen molar-refractivity contribution >= 4 is 49.8 Å². The smallest absolute Gasteiger partial charge is 0.136 e. The van der Waals surface area contributed by atoms with Gasteiger partial charge in [0.05, 0.1) is 5.41 Å².